The van der Waals surface area contributed by atoms with Crippen molar-refractivity contribution in [3.63, 3.8) is 0 Å². The Morgan fingerprint density at radius 3 is 3.00 bits per heavy atom. The summed E-state index contributed by atoms with van der Waals surface area (Å²) < 4.78 is 0.979. The molecule has 4 nitrogen and oxygen atoms in total. The van der Waals surface area contributed by atoms with Crippen LogP contribution in [-0.4, -0.2) is 15.9 Å². The van der Waals surface area contributed by atoms with Gasteiger partial charge >= 0.3 is 0 Å². The smallest absolute Gasteiger partial charge is 0.227 e. The highest BCUT2D eigenvalue weighted by atomic mass is 79.9. The number of H-pyrrole nitrogens is 1. The van der Waals surface area contributed by atoms with E-state index in [-0.39, 0.29) is 11.9 Å². The van der Waals surface area contributed by atoms with Crippen molar-refractivity contribution < 1.29 is 4.79 Å². The van der Waals surface area contributed by atoms with Gasteiger partial charge in [-0.05, 0) is 42.3 Å². The lowest BCUT2D eigenvalue weighted by atomic mass is 10.0. The number of carbonyl (C=O) groups is 1. The molecule has 110 valence electrons. The Bertz CT molecular complexity index is 858. The van der Waals surface area contributed by atoms with Crippen LogP contribution in [-0.2, 0) is 4.79 Å². The molecule has 0 spiro atoms. The molecule has 3 aromatic rings. The molecule has 0 bridgehead atoms. The maximum absolute atomic E-state index is 12.4. The second-order valence-electron chi connectivity index (χ2n) is 5.48. The molecule has 4 rings (SSSR count). The maximum Gasteiger partial charge on any atom is 0.227 e. The Balaban J connectivity index is 1.77. The Morgan fingerprint density at radius 2 is 2.14 bits per heavy atom. The number of benzene rings is 2. The summed E-state index contributed by atoms with van der Waals surface area (Å²) in [6.07, 6.45) is 3.11. The van der Waals surface area contributed by atoms with E-state index >= 15 is 0 Å². The highest BCUT2D eigenvalue weighted by Gasteiger charge is 2.33. The Morgan fingerprint density at radius 1 is 1.23 bits per heavy atom. The average Bonchev–Trinajstić information content (AvgIpc) is 3.12. The molecule has 1 atom stereocenters. The number of amides is 1. The van der Waals surface area contributed by atoms with Crippen LogP contribution in [0, 0.1) is 0 Å². The van der Waals surface area contributed by atoms with Gasteiger partial charge < -0.3 is 9.88 Å². The summed E-state index contributed by atoms with van der Waals surface area (Å²) in [5.41, 5.74) is 4.03. The predicted molar refractivity (Wildman–Crippen MR) is 89.7 cm³/mol. The standard InChI is InChI=1S/C17H14BrN3O/c18-12-2-1-3-13(9-12)21-16(6-7-17(21)22)11-4-5-14-15(8-11)20-10-19-14/h1-5,8-10,16H,6-7H2,(H,19,20). The monoisotopic (exact) mass is 355 g/mol. The molecule has 0 saturated carbocycles. The van der Waals surface area contributed by atoms with E-state index in [1.807, 2.05) is 35.2 Å². The summed E-state index contributed by atoms with van der Waals surface area (Å²) in [5, 5.41) is 0. The van der Waals surface area contributed by atoms with Crippen LogP contribution >= 0.6 is 15.9 Å². The molecule has 2 heterocycles. The first kappa shape index (κ1) is 13.5. The SMILES string of the molecule is O=C1CCC(c2ccc3nc[nH]c3c2)N1c1cccc(Br)c1. The van der Waals surface area contributed by atoms with Crippen molar-refractivity contribution in [2.75, 3.05) is 4.90 Å². The molecular weight excluding hydrogens is 342 g/mol. The summed E-state index contributed by atoms with van der Waals surface area (Å²) in [6.45, 7) is 0. The molecule has 1 amide bonds. The molecule has 1 fully saturated rings. The van der Waals surface area contributed by atoms with Crippen molar-refractivity contribution >= 4 is 38.6 Å². The number of halogens is 1. The molecule has 0 radical (unpaired) electrons. The summed E-state index contributed by atoms with van der Waals surface area (Å²) >= 11 is 3.48. The fourth-order valence-corrected chi connectivity index (χ4v) is 3.50. The van der Waals surface area contributed by atoms with Gasteiger partial charge in [0.1, 0.15) is 0 Å². The number of aromatic nitrogens is 2. The summed E-state index contributed by atoms with van der Waals surface area (Å²) in [5.74, 6) is 0.174. The van der Waals surface area contributed by atoms with Gasteiger partial charge in [-0.15, -0.1) is 0 Å². The van der Waals surface area contributed by atoms with Gasteiger partial charge in [-0.1, -0.05) is 28.1 Å². The predicted octanol–water partition coefficient (Wildman–Crippen LogP) is 4.19. The number of carbonyl (C=O) groups excluding carboxylic acids is 1. The van der Waals surface area contributed by atoms with Gasteiger partial charge in [0.15, 0.2) is 0 Å². The zero-order chi connectivity index (χ0) is 15.1. The van der Waals surface area contributed by atoms with Crippen LogP contribution in [0.3, 0.4) is 0 Å². The molecular formula is C17H14BrN3O. The molecule has 1 aromatic heterocycles. The maximum atomic E-state index is 12.4. The molecule has 1 N–H and O–H groups in total. The van der Waals surface area contributed by atoms with Crippen LogP contribution in [0.25, 0.3) is 11.0 Å². The molecule has 0 aliphatic carbocycles. The van der Waals surface area contributed by atoms with E-state index < -0.39 is 0 Å². The Labute approximate surface area is 136 Å². The van der Waals surface area contributed by atoms with Gasteiger partial charge in [0.05, 0.1) is 23.4 Å². The topological polar surface area (TPSA) is 49.0 Å². The van der Waals surface area contributed by atoms with Crippen molar-refractivity contribution in [1.82, 2.24) is 9.97 Å². The van der Waals surface area contributed by atoms with Crippen LogP contribution in [0.1, 0.15) is 24.4 Å². The number of hydrogen-bond donors (Lipinski definition) is 1. The zero-order valence-electron chi connectivity index (χ0n) is 11.8. The second-order valence-corrected chi connectivity index (χ2v) is 6.39. The van der Waals surface area contributed by atoms with Crippen LogP contribution in [0.15, 0.2) is 53.3 Å². The summed E-state index contributed by atoms with van der Waals surface area (Å²) in [7, 11) is 0. The first-order chi connectivity index (χ1) is 10.7. The second kappa shape index (κ2) is 5.25. The highest BCUT2D eigenvalue weighted by Crippen LogP contribution is 2.38. The van der Waals surface area contributed by atoms with E-state index in [1.165, 1.54) is 0 Å². The van der Waals surface area contributed by atoms with Crippen molar-refractivity contribution in [1.29, 1.82) is 0 Å². The molecule has 22 heavy (non-hydrogen) atoms. The summed E-state index contributed by atoms with van der Waals surface area (Å²) in [4.78, 5) is 21.7. The third kappa shape index (κ3) is 2.22. The van der Waals surface area contributed by atoms with Crippen LogP contribution < -0.4 is 4.90 Å². The summed E-state index contributed by atoms with van der Waals surface area (Å²) in [6, 6.07) is 14.1. The van der Waals surface area contributed by atoms with Crippen molar-refractivity contribution in [2.24, 2.45) is 0 Å². The minimum atomic E-state index is 0.0782. The fourth-order valence-electron chi connectivity index (χ4n) is 3.11. The van der Waals surface area contributed by atoms with Gasteiger partial charge in [-0.25, -0.2) is 4.98 Å². The normalized spacial score (nSPS) is 18.3. The number of hydrogen-bond acceptors (Lipinski definition) is 2. The highest BCUT2D eigenvalue weighted by molar-refractivity contribution is 9.10. The Kier molecular flexibility index (Phi) is 3.22. The number of aromatic amines is 1. The number of fused-ring (bicyclic) bond motifs is 1. The lowest BCUT2D eigenvalue weighted by Crippen LogP contribution is -2.27. The molecule has 1 aliphatic rings. The average molecular weight is 356 g/mol. The van der Waals surface area contributed by atoms with E-state index in [0.717, 1.165) is 33.2 Å². The van der Waals surface area contributed by atoms with E-state index in [0.29, 0.717) is 6.42 Å². The molecule has 1 unspecified atom stereocenters. The van der Waals surface area contributed by atoms with E-state index in [2.05, 4.69) is 38.0 Å². The number of rotatable bonds is 2. The first-order valence-electron chi connectivity index (χ1n) is 7.23. The van der Waals surface area contributed by atoms with Crippen LogP contribution in [0.5, 0.6) is 0 Å². The van der Waals surface area contributed by atoms with Crippen LogP contribution in [0.4, 0.5) is 5.69 Å². The number of anilines is 1. The van der Waals surface area contributed by atoms with E-state index in [9.17, 15) is 4.79 Å². The molecule has 5 heteroatoms. The zero-order valence-corrected chi connectivity index (χ0v) is 13.4. The van der Waals surface area contributed by atoms with Gasteiger partial charge in [0, 0.05) is 16.6 Å². The lowest BCUT2D eigenvalue weighted by Gasteiger charge is -2.25. The number of nitrogens with one attached hydrogen (secondary N) is 1. The minimum Gasteiger partial charge on any atom is -0.345 e. The van der Waals surface area contributed by atoms with Crippen molar-refractivity contribution in [2.45, 2.75) is 18.9 Å². The lowest BCUT2D eigenvalue weighted by molar-refractivity contribution is -0.117. The van der Waals surface area contributed by atoms with Gasteiger partial charge in [0.2, 0.25) is 5.91 Å². The number of imidazole rings is 1. The first-order valence-corrected chi connectivity index (χ1v) is 8.02. The van der Waals surface area contributed by atoms with Crippen molar-refractivity contribution in [3.8, 4) is 0 Å². The van der Waals surface area contributed by atoms with Gasteiger partial charge in [-0.3, -0.25) is 4.79 Å². The third-order valence-corrected chi connectivity index (χ3v) is 4.62. The van der Waals surface area contributed by atoms with E-state index in [1.54, 1.807) is 6.33 Å². The number of nitrogens with zero attached hydrogens (tertiary/aromatic N) is 2. The van der Waals surface area contributed by atoms with Gasteiger partial charge in [0.25, 0.3) is 0 Å². The Hall–Kier alpha value is -2.14. The quantitative estimate of drug-likeness (QED) is 0.748. The van der Waals surface area contributed by atoms with E-state index in [4.69, 9.17) is 0 Å². The molecule has 1 saturated heterocycles. The largest absolute Gasteiger partial charge is 0.345 e. The van der Waals surface area contributed by atoms with Gasteiger partial charge in [-0.2, -0.15) is 0 Å². The third-order valence-electron chi connectivity index (χ3n) is 4.13. The van der Waals surface area contributed by atoms with Crippen LogP contribution in [0.2, 0.25) is 0 Å². The van der Waals surface area contributed by atoms with Crippen molar-refractivity contribution in [3.05, 3.63) is 58.8 Å². The minimum absolute atomic E-state index is 0.0782. The molecule has 2 aromatic carbocycles. The fraction of sp³-hybridized carbons (Fsp3) is 0.176. The molecule has 1 aliphatic heterocycles.